The van der Waals surface area contributed by atoms with Crippen LogP contribution in [0.2, 0.25) is 0 Å². The number of rotatable bonds is 3. The first kappa shape index (κ1) is 10.2. The van der Waals surface area contributed by atoms with E-state index in [0.717, 1.165) is 6.42 Å². The molecule has 0 aliphatic heterocycles. The molecule has 1 aromatic carbocycles. The summed E-state index contributed by atoms with van der Waals surface area (Å²) in [6.45, 7) is 4.40. The van der Waals surface area contributed by atoms with Crippen molar-refractivity contribution in [1.29, 1.82) is 0 Å². The molecule has 0 aliphatic rings. The van der Waals surface area contributed by atoms with Crippen LogP contribution in [-0.2, 0) is 6.42 Å². The molecule has 2 aromatic rings. The Balaban J connectivity index is 2.52. The first-order valence-corrected chi connectivity index (χ1v) is 5.47. The lowest BCUT2D eigenvalue weighted by atomic mass is 9.99. The zero-order chi connectivity index (χ0) is 10.8. The summed E-state index contributed by atoms with van der Waals surface area (Å²) < 4.78 is 0. The fourth-order valence-electron chi connectivity index (χ4n) is 1.90. The maximum Gasteiger partial charge on any atom is 0.0497 e. The van der Waals surface area contributed by atoms with Crippen LogP contribution in [0, 0.1) is 0 Å². The number of benzene rings is 1. The van der Waals surface area contributed by atoms with Gasteiger partial charge in [-0.25, -0.2) is 0 Å². The van der Waals surface area contributed by atoms with Crippen LogP contribution in [-0.4, -0.2) is 16.7 Å². The molecule has 0 aliphatic carbocycles. The molecule has 0 fully saturated rings. The zero-order valence-electron chi connectivity index (χ0n) is 9.25. The average molecular weight is 203 g/mol. The van der Waals surface area contributed by atoms with Gasteiger partial charge in [0.2, 0.25) is 0 Å². The maximum atomic E-state index is 9.13. The minimum Gasteiger partial charge on any atom is -0.396 e. The quantitative estimate of drug-likeness (QED) is 0.790. The first-order valence-electron chi connectivity index (χ1n) is 5.47. The van der Waals surface area contributed by atoms with Gasteiger partial charge in [0.25, 0.3) is 0 Å². The molecule has 0 bridgehead atoms. The highest BCUT2D eigenvalue weighted by atomic mass is 16.3. The second kappa shape index (κ2) is 4.07. The van der Waals surface area contributed by atoms with E-state index in [1.165, 1.54) is 22.0 Å². The van der Waals surface area contributed by atoms with Gasteiger partial charge in [-0.2, -0.15) is 0 Å². The van der Waals surface area contributed by atoms with Gasteiger partial charge >= 0.3 is 0 Å². The molecule has 1 atom stereocenters. The van der Waals surface area contributed by atoms with Crippen LogP contribution < -0.4 is 0 Å². The number of aliphatic hydroxyl groups is 1. The van der Waals surface area contributed by atoms with E-state index < -0.39 is 0 Å². The van der Waals surface area contributed by atoms with Crippen molar-refractivity contribution in [3.05, 3.63) is 35.5 Å². The van der Waals surface area contributed by atoms with Gasteiger partial charge in [0.1, 0.15) is 0 Å². The predicted molar refractivity (Wildman–Crippen MR) is 63.2 cm³/mol. The Bertz CT molecular complexity index is 459. The van der Waals surface area contributed by atoms with Gasteiger partial charge < -0.3 is 10.1 Å². The highest BCUT2D eigenvalue weighted by Crippen LogP contribution is 2.24. The monoisotopic (exact) mass is 203 g/mol. The zero-order valence-corrected chi connectivity index (χ0v) is 9.25. The Labute approximate surface area is 89.9 Å². The Morgan fingerprint density at radius 1 is 1.40 bits per heavy atom. The molecule has 80 valence electrons. The van der Waals surface area contributed by atoms with Crippen LogP contribution in [0.1, 0.15) is 30.9 Å². The number of aliphatic hydroxyl groups excluding tert-OH is 1. The number of hydrogen-bond donors (Lipinski definition) is 2. The van der Waals surface area contributed by atoms with E-state index >= 15 is 0 Å². The lowest BCUT2D eigenvalue weighted by molar-refractivity contribution is 0.273. The second-order valence-electron chi connectivity index (χ2n) is 4.06. The minimum absolute atomic E-state index is 0.206. The summed E-state index contributed by atoms with van der Waals surface area (Å²) in [5, 5.41) is 10.4. The summed E-state index contributed by atoms with van der Waals surface area (Å²) in [4.78, 5) is 3.26. The summed E-state index contributed by atoms with van der Waals surface area (Å²) in [6, 6.07) is 6.36. The van der Waals surface area contributed by atoms with Crippen molar-refractivity contribution in [3.8, 4) is 0 Å². The molecule has 2 rings (SSSR count). The smallest absolute Gasteiger partial charge is 0.0497 e. The fourth-order valence-corrected chi connectivity index (χ4v) is 1.90. The normalized spacial score (nSPS) is 13.3. The molecule has 1 heterocycles. The summed E-state index contributed by atoms with van der Waals surface area (Å²) in [6.07, 6.45) is 3.11. The Kier molecular flexibility index (Phi) is 2.78. The number of aryl methyl sites for hydroxylation is 1. The van der Waals surface area contributed by atoms with Crippen LogP contribution in [0.5, 0.6) is 0 Å². The minimum atomic E-state index is 0.206. The Hall–Kier alpha value is -1.28. The van der Waals surface area contributed by atoms with E-state index in [9.17, 15) is 0 Å². The molecule has 0 spiro atoms. The number of H-pyrrole nitrogens is 1. The molecule has 2 nitrogen and oxygen atoms in total. The molecule has 15 heavy (non-hydrogen) atoms. The van der Waals surface area contributed by atoms with Crippen LogP contribution in [0.4, 0.5) is 0 Å². The lowest BCUT2D eigenvalue weighted by Gasteiger charge is -2.08. The Morgan fingerprint density at radius 2 is 2.20 bits per heavy atom. The van der Waals surface area contributed by atoms with Crippen molar-refractivity contribution in [3.63, 3.8) is 0 Å². The molecule has 0 radical (unpaired) electrons. The second-order valence-corrected chi connectivity index (χ2v) is 4.06. The number of aromatic amines is 1. The maximum absolute atomic E-state index is 9.13. The highest BCUT2D eigenvalue weighted by Gasteiger charge is 2.07. The largest absolute Gasteiger partial charge is 0.396 e. The SMILES string of the molecule is CCc1c[nH]c2ccc(C(C)CO)cc12. The third-order valence-electron chi connectivity index (χ3n) is 3.02. The van der Waals surface area contributed by atoms with Crippen molar-refractivity contribution >= 4 is 10.9 Å². The summed E-state index contributed by atoms with van der Waals surface area (Å²) in [5.74, 6) is 0.217. The summed E-state index contributed by atoms with van der Waals surface area (Å²) in [7, 11) is 0. The molecule has 2 N–H and O–H groups in total. The van der Waals surface area contributed by atoms with E-state index in [-0.39, 0.29) is 12.5 Å². The van der Waals surface area contributed by atoms with E-state index in [1.54, 1.807) is 0 Å². The van der Waals surface area contributed by atoms with Gasteiger partial charge in [-0.05, 0) is 29.7 Å². The number of aromatic nitrogens is 1. The van der Waals surface area contributed by atoms with Crippen LogP contribution in [0.15, 0.2) is 24.4 Å². The van der Waals surface area contributed by atoms with E-state index in [2.05, 4.69) is 36.3 Å². The van der Waals surface area contributed by atoms with Crippen molar-refractivity contribution in [1.82, 2.24) is 4.98 Å². The average Bonchev–Trinajstić information content (AvgIpc) is 2.69. The fraction of sp³-hybridized carbons (Fsp3) is 0.385. The van der Waals surface area contributed by atoms with E-state index in [0.29, 0.717) is 0 Å². The third kappa shape index (κ3) is 1.77. The van der Waals surface area contributed by atoms with Crippen molar-refractivity contribution in [2.75, 3.05) is 6.61 Å². The van der Waals surface area contributed by atoms with E-state index in [1.807, 2.05) is 6.92 Å². The van der Waals surface area contributed by atoms with Crippen molar-refractivity contribution < 1.29 is 5.11 Å². The summed E-state index contributed by atoms with van der Waals surface area (Å²) in [5.41, 5.74) is 3.73. The molecule has 1 unspecified atom stereocenters. The molecule has 1 aromatic heterocycles. The molecular weight excluding hydrogens is 186 g/mol. The third-order valence-corrected chi connectivity index (χ3v) is 3.02. The van der Waals surface area contributed by atoms with E-state index in [4.69, 9.17) is 5.11 Å². The van der Waals surface area contributed by atoms with Gasteiger partial charge in [-0.15, -0.1) is 0 Å². The lowest BCUT2D eigenvalue weighted by Crippen LogP contribution is -1.98. The standard InChI is InChI=1S/C13H17NO/c1-3-10-7-14-13-5-4-11(6-12(10)13)9(2)8-15/h4-7,9,14-15H,3,8H2,1-2H3. The Morgan fingerprint density at radius 3 is 2.87 bits per heavy atom. The van der Waals surface area contributed by atoms with Crippen molar-refractivity contribution in [2.24, 2.45) is 0 Å². The van der Waals surface area contributed by atoms with Crippen molar-refractivity contribution in [2.45, 2.75) is 26.2 Å². The highest BCUT2D eigenvalue weighted by molar-refractivity contribution is 5.84. The van der Waals surface area contributed by atoms with Crippen LogP contribution in [0.3, 0.4) is 0 Å². The van der Waals surface area contributed by atoms with Gasteiger partial charge in [-0.3, -0.25) is 0 Å². The summed E-state index contributed by atoms with van der Waals surface area (Å²) >= 11 is 0. The van der Waals surface area contributed by atoms with Crippen LogP contribution >= 0.6 is 0 Å². The topological polar surface area (TPSA) is 36.0 Å². The molecule has 2 heteroatoms. The molecule has 0 amide bonds. The predicted octanol–water partition coefficient (Wildman–Crippen LogP) is 2.83. The van der Waals surface area contributed by atoms with Gasteiger partial charge in [-0.1, -0.05) is 19.9 Å². The van der Waals surface area contributed by atoms with Gasteiger partial charge in [0, 0.05) is 29.6 Å². The number of hydrogen-bond acceptors (Lipinski definition) is 1. The molecule has 0 saturated carbocycles. The number of nitrogens with one attached hydrogen (secondary N) is 1. The van der Waals surface area contributed by atoms with Gasteiger partial charge in [0.15, 0.2) is 0 Å². The van der Waals surface area contributed by atoms with Gasteiger partial charge in [0.05, 0.1) is 0 Å². The first-order chi connectivity index (χ1) is 7.26. The van der Waals surface area contributed by atoms with Crippen LogP contribution in [0.25, 0.3) is 10.9 Å². The molecular formula is C13H17NO. The number of fused-ring (bicyclic) bond motifs is 1. The molecule has 0 saturated heterocycles.